The molecule has 0 saturated carbocycles. The van der Waals surface area contributed by atoms with Crippen molar-refractivity contribution in [3.63, 3.8) is 0 Å². The minimum absolute atomic E-state index is 0. The van der Waals surface area contributed by atoms with Gasteiger partial charge in [-0.3, -0.25) is 14.4 Å². The number of terminal acetylenes is 1. The minimum atomic E-state index is -0.812. The summed E-state index contributed by atoms with van der Waals surface area (Å²) in [5, 5.41) is 12.7. The molecule has 2 aromatic carbocycles. The normalized spacial score (nSPS) is 15.6. The molecule has 1 aliphatic rings. The molecule has 46 heavy (non-hydrogen) atoms. The molecule has 0 unspecified atom stereocenters. The number of nitrogens with one attached hydrogen (secondary N) is 4. The highest BCUT2D eigenvalue weighted by Crippen LogP contribution is 2.34. The highest BCUT2D eigenvalue weighted by molar-refractivity contribution is 6.03. The molecule has 12 nitrogen and oxygen atoms in total. The van der Waals surface area contributed by atoms with Crippen molar-refractivity contribution in [3.8, 4) is 23.8 Å². The zero-order chi connectivity index (χ0) is 32.7. The lowest BCUT2D eigenvalue weighted by molar-refractivity contribution is -0.143. The van der Waals surface area contributed by atoms with Crippen LogP contribution in [-0.4, -0.2) is 78.0 Å². The molecule has 3 amide bonds. The minimum Gasteiger partial charge on any atom is -0.494 e. The van der Waals surface area contributed by atoms with Gasteiger partial charge in [-0.25, -0.2) is 9.97 Å². The summed E-state index contributed by atoms with van der Waals surface area (Å²) in [4.78, 5) is 50.7. The Morgan fingerprint density at radius 2 is 1.87 bits per heavy atom. The molecule has 4 rings (SSSR count). The van der Waals surface area contributed by atoms with Crippen molar-refractivity contribution < 1.29 is 23.9 Å². The molecule has 3 aromatic rings. The van der Waals surface area contributed by atoms with Gasteiger partial charge in [0.05, 0.1) is 24.4 Å². The number of amides is 3. The van der Waals surface area contributed by atoms with Gasteiger partial charge in [-0.05, 0) is 62.6 Å². The maximum atomic E-state index is 13.8. The molecule has 1 fully saturated rings. The number of halogens is 1. The van der Waals surface area contributed by atoms with Crippen molar-refractivity contribution in [2.24, 2.45) is 5.41 Å². The molecular weight excluding hydrogens is 610 g/mol. The number of likely N-dealkylation sites (N-methyl/N-ethyl adjacent to an activating group) is 1. The van der Waals surface area contributed by atoms with E-state index in [4.69, 9.17) is 15.9 Å². The van der Waals surface area contributed by atoms with Crippen molar-refractivity contribution in [2.75, 3.05) is 37.9 Å². The second kappa shape index (κ2) is 15.6. The quantitative estimate of drug-likeness (QED) is 0.227. The second-order valence-corrected chi connectivity index (χ2v) is 11.9. The number of hydrogen-bond acceptors (Lipinski definition) is 9. The highest BCUT2D eigenvalue weighted by atomic mass is 35.5. The number of aromatic nitrogens is 2. The van der Waals surface area contributed by atoms with Crippen LogP contribution in [0.4, 0.5) is 17.2 Å². The van der Waals surface area contributed by atoms with Crippen LogP contribution in [0.15, 0.2) is 42.7 Å². The van der Waals surface area contributed by atoms with Crippen LogP contribution in [0.5, 0.6) is 11.5 Å². The highest BCUT2D eigenvalue weighted by Gasteiger charge is 2.42. The predicted octanol–water partition coefficient (Wildman–Crippen LogP) is 3.88. The summed E-state index contributed by atoms with van der Waals surface area (Å²) in [5.74, 6) is 3.08. The van der Waals surface area contributed by atoms with E-state index in [0.717, 1.165) is 5.69 Å². The topological polar surface area (TPSA) is 147 Å². The van der Waals surface area contributed by atoms with Gasteiger partial charge in [-0.1, -0.05) is 26.7 Å². The third-order valence-corrected chi connectivity index (χ3v) is 7.72. The first-order chi connectivity index (χ1) is 21.5. The molecule has 0 spiro atoms. The Morgan fingerprint density at radius 1 is 1.15 bits per heavy atom. The van der Waals surface area contributed by atoms with Gasteiger partial charge in [0.2, 0.25) is 17.7 Å². The van der Waals surface area contributed by atoms with Gasteiger partial charge in [0.15, 0.2) is 0 Å². The Hall–Kier alpha value is -4.60. The number of nitrogens with zero attached hydrogens (tertiary/aromatic N) is 3. The van der Waals surface area contributed by atoms with Gasteiger partial charge < -0.3 is 35.6 Å². The van der Waals surface area contributed by atoms with Gasteiger partial charge in [0.25, 0.3) is 0 Å². The number of ether oxygens (including phenoxy) is 2. The van der Waals surface area contributed by atoms with Crippen molar-refractivity contribution in [1.29, 1.82) is 0 Å². The number of fused-ring (bicyclic) bond motifs is 1. The zero-order valence-corrected chi connectivity index (χ0v) is 27.8. The molecule has 1 aromatic heterocycles. The van der Waals surface area contributed by atoms with Crippen LogP contribution >= 0.6 is 12.4 Å². The Bertz CT molecular complexity index is 1590. The van der Waals surface area contributed by atoms with Gasteiger partial charge >= 0.3 is 0 Å². The van der Waals surface area contributed by atoms with E-state index >= 15 is 0 Å². The first kappa shape index (κ1) is 35.9. The maximum absolute atomic E-state index is 13.8. The Morgan fingerprint density at radius 3 is 2.50 bits per heavy atom. The van der Waals surface area contributed by atoms with E-state index in [0.29, 0.717) is 53.3 Å². The molecule has 13 heteroatoms. The SMILES string of the molecule is C#CCOc1ccc(Nc2ncnc3cc(OC)c(NC(=O)[C@@H]4CCCN4C(=O)[C@@H](NC(=O)[C@H](C)NC)C(C)(C)C)cc23)cc1.Cl. The number of carbonyl (C=O) groups is 3. The maximum Gasteiger partial charge on any atom is 0.247 e. The number of methoxy groups -OCH3 is 1. The van der Waals surface area contributed by atoms with Gasteiger partial charge in [-0.2, -0.15) is 0 Å². The Balaban J connectivity index is 0.00000576. The summed E-state index contributed by atoms with van der Waals surface area (Å²) in [6, 6.07) is 8.73. The number of carbonyl (C=O) groups excluding carboxylic acids is 3. The van der Waals surface area contributed by atoms with E-state index in [9.17, 15) is 14.4 Å². The summed E-state index contributed by atoms with van der Waals surface area (Å²) in [6.07, 6.45) is 7.85. The first-order valence-electron chi connectivity index (χ1n) is 14.8. The van der Waals surface area contributed by atoms with Crippen molar-refractivity contribution in [3.05, 3.63) is 42.7 Å². The predicted molar refractivity (Wildman–Crippen MR) is 181 cm³/mol. The Kier molecular flexibility index (Phi) is 12.2. The van der Waals surface area contributed by atoms with Gasteiger partial charge in [-0.15, -0.1) is 18.8 Å². The number of likely N-dealkylation sites (tertiary alicyclic amines) is 1. The van der Waals surface area contributed by atoms with E-state index < -0.39 is 23.5 Å². The summed E-state index contributed by atoms with van der Waals surface area (Å²) >= 11 is 0. The fourth-order valence-electron chi connectivity index (χ4n) is 5.08. The average molecular weight is 652 g/mol. The van der Waals surface area contributed by atoms with Crippen LogP contribution in [0.3, 0.4) is 0 Å². The van der Waals surface area contributed by atoms with E-state index in [1.165, 1.54) is 13.4 Å². The molecule has 0 aliphatic carbocycles. The number of anilines is 3. The lowest BCUT2D eigenvalue weighted by Gasteiger charge is -2.36. The van der Waals surface area contributed by atoms with E-state index in [1.807, 2.05) is 32.9 Å². The molecule has 3 atom stereocenters. The fraction of sp³-hybridized carbons (Fsp3) is 0.424. The number of hydrogen-bond donors (Lipinski definition) is 4. The van der Waals surface area contributed by atoms with Crippen LogP contribution in [-0.2, 0) is 14.4 Å². The fourth-order valence-corrected chi connectivity index (χ4v) is 5.08. The molecule has 1 aliphatic heterocycles. The summed E-state index contributed by atoms with van der Waals surface area (Å²) in [7, 11) is 3.19. The third kappa shape index (κ3) is 8.35. The Labute approximate surface area is 275 Å². The van der Waals surface area contributed by atoms with Crippen molar-refractivity contribution in [2.45, 2.75) is 58.7 Å². The molecule has 246 valence electrons. The van der Waals surface area contributed by atoms with Crippen LogP contribution in [0, 0.1) is 17.8 Å². The monoisotopic (exact) mass is 651 g/mol. The van der Waals surface area contributed by atoms with Gasteiger partial charge in [0.1, 0.15) is 42.3 Å². The van der Waals surface area contributed by atoms with Crippen molar-refractivity contribution in [1.82, 2.24) is 25.5 Å². The molecular formula is C33H42ClN7O5. The summed E-state index contributed by atoms with van der Waals surface area (Å²) < 4.78 is 11.0. The van der Waals surface area contributed by atoms with Crippen LogP contribution < -0.4 is 30.7 Å². The van der Waals surface area contributed by atoms with E-state index in [1.54, 1.807) is 43.1 Å². The largest absolute Gasteiger partial charge is 0.494 e. The van der Waals surface area contributed by atoms with Crippen LogP contribution in [0.25, 0.3) is 10.9 Å². The van der Waals surface area contributed by atoms with Crippen LogP contribution in [0.1, 0.15) is 40.5 Å². The molecule has 0 radical (unpaired) electrons. The first-order valence-corrected chi connectivity index (χ1v) is 14.8. The number of rotatable bonds is 11. The third-order valence-electron chi connectivity index (χ3n) is 7.72. The number of benzene rings is 2. The van der Waals surface area contributed by atoms with Gasteiger partial charge in [0, 0.05) is 23.7 Å². The van der Waals surface area contributed by atoms with Crippen LogP contribution in [0.2, 0.25) is 0 Å². The van der Waals surface area contributed by atoms with E-state index in [-0.39, 0.29) is 36.7 Å². The zero-order valence-electron chi connectivity index (χ0n) is 27.0. The van der Waals surface area contributed by atoms with E-state index in [2.05, 4.69) is 37.2 Å². The molecule has 0 bridgehead atoms. The average Bonchev–Trinajstić information content (AvgIpc) is 3.52. The molecule has 2 heterocycles. The lowest BCUT2D eigenvalue weighted by Crippen LogP contribution is -2.59. The molecule has 4 N–H and O–H groups in total. The lowest BCUT2D eigenvalue weighted by atomic mass is 9.85. The summed E-state index contributed by atoms with van der Waals surface area (Å²) in [5.41, 5.74) is 1.19. The van der Waals surface area contributed by atoms with Crippen molar-refractivity contribution >= 4 is 58.2 Å². The molecule has 1 saturated heterocycles. The standard InChI is InChI=1S/C33H41N7O5.ClH/c1-8-16-45-22-13-11-21(12-14-22)37-29-23-17-25(27(44-7)18-24(23)35-19-36-29)38-31(42)26-10-9-15-40(26)32(43)28(33(3,4)5)39-30(41)20(2)34-6;/h1,11-14,17-20,26,28,34H,9-10,15-16H2,2-7H3,(H,38,42)(H,39,41)(H,35,36,37);1H/t20-,26-,28+;/m0./s1. The second-order valence-electron chi connectivity index (χ2n) is 11.9. The smallest absolute Gasteiger partial charge is 0.247 e. The summed E-state index contributed by atoms with van der Waals surface area (Å²) in [6.45, 7) is 7.97.